The molecule has 4 heteroatoms. The lowest BCUT2D eigenvalue weighted by Gasteiger charge is -2.16. The fourth-order valence-corrected chi connectivity index (χ4v) is 2.41. The summed E-state index contributed by atoms with van der Waals surface area (Å²) in [6, 6.07) is 6.46. The quantitative estimate of drug-likeness (QED) is 0.923. The summed E-state index contributed by atoms with van der Waals surface area (Å²) in [5, 5.41) is 3.15. The lowest BCUT2D eigenvalue weighted by Crippen LogP contribution is -2.17. The predicted octanol–water partition coefficient (Wildman–Crippen LogP) is 4.11. The van der Waals surface area contributed by atoms with Crippen molar-refractivity contribution in [2.75, 3.05) is 7.05 Å². The SMILES string of the molecule is CNC(c1cc(C)c(C)o1)c1cc(F)ccc1Br. The highest BCUT2D eigenvalue weighted by atomic mass is 79.9. The second kappa shape index (κ2) is 5.24. The molecule has 1 unspecified atom stereocenters. The van der Waals surface area contributed by atoms with Crippen molar-refractivity contribution in [2.45, 2.75) is 19.9 Å². The van der Waals surface area contributed by atoms with Crippen LogP contribution >= 0.6 is 15.9 Å². The summed E-state index contributed by atoms with van der Waals surface area (Å²) in [7, 11) is 1.83. The number of hydrogen-bond acceptors (Lipinski definition) is 2. The summed E-state index contributed by atoms with van der Waals surface area (Å²) >= 11 is 3.45. The van der Waals surface area contributed by atoms with Gasteiger partial charge in [-0.1, -0.05) is 15.9 Å². The Morgan fingerprint density at radius 3 is 2.56 bits per heavy atom. The van der Waals surface area contributed by atoms with Crippen LogP contribution in [0, 0.1) is 19.7 Å². The second-order valence-corrected chi connectivity index (χ2v) is 5.13. The van der Waals surface area contributed by atoms with E-state index in [1.54, 1.807) is 6.07 Å². The van der Waals surface area contributed by atoms with Crippen molar-refractivity contribution < 1.29 is 8.81 Å². The molecule has 1 atom stereocenters. The average molecular weight is 312 g/mol. The molecule has 2 rings (SSSR count). The van der Waals surface area contributed by atoms with E-state index in [1.165, 1.54) is 12.1 Å². The number of aryl methyl sites for hydroxylation is 2. The normalized spacial score (nSPS) is 12.7. The number of hydrogen-bond donors (Lipinski definition) is 1. The molecule has 1 aromatic heterocycles. The third-order valence-electron chi connectivity index (χ3n) is 3.03. The highest BCUT2D eigenvalue weighted by Crippen LogP contribution is 2.31. The number of furan rings is 1. The monoisotopic (exact) mass is 311 g/mol. The first-order chi connectivity index (χ1) is 8.52. The number of nitrogens with one attached hydrogen (secondary N) is 1. The molecule has 0 saturated carbocycles. The van der Waals surface area contributed by atoms with E-state index in [9.17, 15) is 4.39 Å². The van der Waals surface area contributed by atoms with Crippen LogP contribution < -0.4 is 5.32 Å². The fourth-order valence-electron chi connectivity index (χ4n) is 1.93. The first kappa shape index (κ1) is 13.3. The molecule has 0 saturated heterocycles. The Balaban J connectivity index is 2.48. The van der Waals surface area contributed by atoms with Crippen LogP contribution in [0.25, 0.3) is 0 Å². The maximum Gasteiger partial charge on any atom is 0.125 e. The number of benzene rings is 1. The summed E-state index contributed by atoms with van der Waals surface area (Å²) in [6.07, 6.45) is 0. The Labute approximate surface area is 114 Å². The van der Waals surface area contributed by atoms with Gasteiger partial charge in [-0.25, -0.2) is 4.39 Å². The van der Waals surface area contributed by atoms with E-state index >= 15 is 0 Å². The minimum absolute atomic E-state index is 0.164. The van der Waals surface area contributed by atoms with Gasteiger partial charge in [0.25, 0.3) is 0 Å². The molecule has 2 aromatic rings. The smallest absolute Gasteiger partial charge is 0.125 e. The van der Waals surface area contributed by atoms with E-state index in [-0.39, 0.29) is 11.9 Å². The fraction of sp³-hybridized carbons (Fsp3) is 0.286. The van der Waals surface area contributed by atoms with Gasteiger partial charge in [-0.2, -0.15) is 0 Å². The molecule has 0 aliphatic heterocycles. The first-order valence-corrected chi connectivity index (χ1v) is 6.51. The van der Waals surface area contributed by atoms with E-state index in [0.717, 1.165) is 27.1 Å². The Morgan fingerprint density at radius 2 is 2.00 bits per heavy atom. The summed E-state index contributed by atoms with van der Waals surface area (Å²) in [6.45, 7) is 3.92. The minimum Gasteiger partial charge on any atom is -0.464 e. The van der Waals surface area contributed by atoms with Crippen LogP contribution in [0.4, 0.5) is 4.39 Å². The molecule has 0 spiro atoms. The maximum absolute atomic E-state index is 13.4. The van der Waals surface area contributed by atoms with E-state index in [2.05, 4.69) is 21.2 Å². The van der Waals surface area contributed by atoms with Crippen molar-refractivity contribution in [3.05, 3.63) is 57.2 Å². The Bertz CT molecular complexity index is 545. The van der Waals surface area contributed by atoms with Crippen molar-refractivity contribution in [3.8, 4) is 0 Å². The van der Waals surface area contributed by atoms with Crippen LogP contribution in [-0.4, -0.2) is 7.05 Å². The van der Waals surface area contributed by atoms with Crippen molar-refractivity contribution in [3.63, 3.8) is 0 Å². The standard InChI is InChI=1S/C14H15BrFNO/c1-8-6-13(18-9(8)2)14(17-3)11-7-10(16)4-5-12(11)15/h4-7,14,17H,1-3H3. The summed E-state index contributed by atoms with van der Waals surface area (Å²) in [5.74, 6) is 1.42. The van der Waals surface area contributed by atoms with Crippen molar-refractivity contribution in [1.29, 1.82) is 0 Å². The molecule has 0 bridgehead atoms. The first-order valence-electron chi connectivity index (χ1n) is 5.72. The highest BCUT2D eigenvalue weighted by Gasteiger charge is 2.19. The van der Waals surface area contributed by atoms with Gasteiger partial charge >= 0.3 is 0 Å². The van der Waals surface area contributed by atoms with E-state index in [1.807, 2.05) is 27.0 Å². The van der Waals surface area contributed by atoms with Gasteiger partial charge in [-0.05, 0) is 56.3 Å². The molecular weight excluding hydrogens is 297 g/mol. The van der Waals surface area contributed by atoms with Crippen LogP contribution in [-0.2, 0) is 0 Å². The topological polar surface area (TPSA) is 25.2 Å². The number of rotatable bonds is 3. The molecule has 96 valence electrons. The van der Waals surface area contributed by atoms with Crippen LogP contribution in [0.5, 0.6) is 0 Å². The van der Waals surface area contributed by atoms with Gasteiger partial charge in [0, 0.05) is 4.47 Å². The Kier molecular flexibility index (Phi) is 3.88. The lowest BCUT2D eigenvalue weighted by atomic mass is 10.0. The van der Waals surface area contributed by atoms with Gasteiger partial charge in [0.15, 0.2) is 0 Å². The third-order valence-corrected chi connectivity index (χ3v) is 3.75. The molecule has 2 nitrogen and oxygen atoms in total. The van der Waals surface area contributed by atoms with Crippen LogP contribution in [0.2, 0.25) is 0 Å². The third kappa shape index (κ3) is 2.49. The summed E-state index contributed by atoms with van der Waals surface area (Å²) in [5.41, 5.74) is 1.92. The van der Waals surface area contributed by atoms with Gasteiger partial charge in [0.05, 0.1) is 6.04 Å². The van der Waals surface area contributed by atoms with Gasteiger partial charge in [0.1, 0.15) is 17.3 Å². The van der Waals surface area contributed by atoms with E-state index in [4.69, 9.17) is 4.42 Å². The van der Waals surface area contributed by atoms with Crippen molar-refractivity contribution >= 4 is 15.9 Å². The van der Waals surface area contributed by atoms with Crippen LogP contribution in [0.3, 0.4) is 0 Å². The highest BCUT2D eigenvalue weighted by molar-refractivity contribution is 9.10. The second-order valence-electron chi connectivity index (χ2n) is 4.28. The van der Waals surface area contributed by atoms with Crippen molar-refractivity contribution in [2.24, 2.45) is 0 Å². The van der Waals surface area contributed by atoms with E-state index in [0.29, 0.717) is 0 Å². The maximum atomic E-state index is 13.4. The molecule has 0 radical (unpaired) electrons. The van der Waals surface area contributed by atoms with Crippen molar-refractivity contribution in [1.82, 2.24) is 5.32 Å². The van der Waals surface area contributed by atoms with Crippen LogP contribution in [0.15, 0.2) is 33.2 Å². The molecule has 1 heterocycles. The molecule has 1 N–H and O–H groups in total. The zero-order valence-electron chi connectivity index (χ0n) is 10.6. The van der Waals surface area contributed by atoms with E-state index < -0.39 is 0 Å². The Hall–Kier alpha value is -1.13. The summed E-state index contributed by atoms with van der Waals surface area (Å²) < 4.78 is 19.9. The van der Waals surface area contributed by atoms with Gasteiger partial charge in [0.2, 0.25) is 0 Å². The molecule has 0 aliphatic carbocycles. The molecule has 0 fully saturated rings. The zero-order chi connectivity index (χ0) is 13.3. The largest absolute Gasteiger partial charge is 0.464 e. The zero-order valence-corrected chi connectivity index (χ0v) is 12.1. The van der Waals surface area contributed by atoms with Gasteiger partial charge in [-0.15, -0.1) is 0 Å². The summed E-state index contributed by atoms with van der Waals surface area (Å²) in [4.78, 5) is 0. The predicted molar refractivity (Wildman–Crippen MR) is 73.2 cm³/mol. The molecule has 0 amide bonds. The molecule has 0 aliphatic rings. The lowest BCUT2D eigenvalue weighted by molar-refractivity contribution is 0.441. The minimum atomic E-state index is -0.256. The molecule has 18 heavy (non-hydrogen) atoms. The Morgan fingerprint density at radius 1 is 1.28 bits per heavy atom. The van der Waals surface area contributed by atoms with Crippen LogP contribution in [0.1, 0.15) is 28.7 Å². The average Bonchev–Trinajstić information content (AvgIpc) is 2.65. The molecule has 1 aromatic carbocycles. The number of halogens is 2. The van der Waals surface area contributed by atoms with Gasteiger partial charge in [-0.3, -0.25) is 0 Å². The van der Waals surface area contributed by atoms with Gasteiger partial charge < -0.3 is 9.73 Å². The molecular formula is C14H15BrFNO.